The summed E-state index contributed by atoms with van der Waals surface area (Å²) in [5.74, 6) is -1.04. The molecular formula is C11H8N2O5S. The molecule has 19 heavy (non-hydrogen) atoms. The van der Waals surface area contributed by atoms with Crippen molar-refractivity contribution in [2.75, 3.05) is 0 Å². The van der Waals surface area contributed by atoms with Crippen LogP contribution in [0.25, 0.3) is 0 Å². The average molecular weight is 280 g/mol. The van der Waals surface area contributed by atoms with Crippen LogP contribution < -0.4 is 5.56 Å². The Kier molecular flexibility index (Phi) is 3.43. The molecule has 0 bridgehead atoms. The van der Waals surface area contributed by atoms with Crippen molar-refractivity contribution in [3.05, 3.63) is 60.7 Å². The van der Waals surface area contributed by atoms with E-state index in [2.05, 4.69) is 0 Å². The zero-order valence-corrected chi connectivity index (χ0v) is 10.3. The van der Waals surface area contributed by atoms with E-state index in [-0.39, 0.29) is 11.4 Å². The van der Waals surface area contributed by atoms with Gasteiger partial charge in [0.15, 0.2) is 0 Å². The summed E-state index contributed by atoms with van der Waals surface area (Å²) >= 11 is 1.03. The molecule has 2 aromatic rings. The molecule has 0 spiro atoms. The number of hydrogen-bond donors (Lipinski definition) is 1. The normalized spacial score (nSPS) is 10.3. The molecule has 98 valence electrons. The Morgan fingerprint density at radius 2 is 2.16 bits per heavy atom. The fraction of sp³-hybridized carbons (Fsp3) is 0.0909. The van der Waals surface area contributed by atoms with Crippen LogP contribution in [-0.2, 0) is 6.54 Å². The topological polar surface area (TPSA) is 102 Å². The molecule has 7 nitrogen and oxygen atoms in total. The van der Waals surface area contributed by atoms with Crippen molar-refractivity contribution in [3.8, 4) is 0 Å². The maximum absolute atomic E-state index is 11.8. The zero-order chi connectivity index (χ0) is 14.0. The monoisotopic (exact) mass is 280 g/mol. The van der Waals surface area contributed by atoms with Crippen LogP contribution in [0.1, 0.15) is 14.5 Å². The third-order valence-electron chi connectivity index (χ3n) is 2.40. The van der Waals surface area contributed by atoms with Gasteiger partial charge in [0.05, 0.1) is 11.5 Å². The van der Waals surface area contributed by atoms with Crippen LogP contribution in [0.5, 0.6) is 0 Å². The first-order chi connectivity index (χ1) is 8.99. The molecule has 1 N–H and O–H groups in total. The number of hydrogen-bond acceptors (Lipinski definition) is 5. The molecule has 0 saturated heterocycles. The van der Waals surface area contributed by atoms with Gasteiger partial charge < -0.3 is 9.67 Å². The maximum atomic E-state index is 11.8. The average Bonchev–Trinajstić information content (AvgIpc) is 2.80. The lowest BCUT2D eigenvalue weighted by molar-refractivity contribution is -0.386. The van der Waals surface area contributed by atoms with Gasteiger partial charge in [-0.2, -0.15) is 0 Å². The molecule has 0 aliphatic carbocycles. The fourth-order valence-corrected chi connectivity index (χ4v) is 2.38. The molecule has 0 atom stereocenters. The predicted molar refractivity (Wildman–Crippen MR) is 67.7 cm³/mol. The molecule has 2 aromatic heterocycles. The van der Waals surface area contributed by atoms with Crippen molar-refractivity contribution < 1.29 is 14.8 Å². The number of aromatic nitrogens is 1. The van der Waals surface area contributed by atoms with Gasteiger partial charge in [0.25, 0.3) is 0 Å². The quantitative estimate of drug-likeness (QED) is 0.676. The van der Waals surface area contributed by atoms with Crippen LogP contribution in [0.2, 0.25) is 0 Å². The molecule has 0 aromatic carbocycles. The van der Waals surface area contributed by atoms with E-state index in [1.807, 2.05) is 0 Å². The summed E-state index contributed by atoms with van der Waals surface area (Å²) in [6, 6.07) is 5.56. The van der Waals surface area contributed by atoms with Crippen LogP contribution in [0, 0.1) is 10.1 Å². The van der Waals surface area contributed by atoms with Gasteiger partial charge in [-0.3, -0.25) is 14.9 Å². The summed E-state index contributed by atoms with van der Waals surface area (Å²) in [5, 5.41) is 19.4. The van der Waals surface area contributed by atoms with Gasteiger partial charge in [-0.1, -0.05) is 0 Å². The Bertz CT molecular complexity index is 703. The van der Waals surface area contributed by atoms with Gasteiger partial charge in [0, 0.05) is 17.1 Å². The summed E-state index contributed by atoms with van der Waals surface area (Å²) in [7, 11) is 0. The predicted octanol–water partition coefficient (Wildman–Crippen LogP) is 1.56. The summed E-state index contributed by atoms with van der Waals surface area (Å²) in [6.07, 6.45) is 1.43. The summed E-state index contributed by atoms with van der Waals surface area (Å²) in [6.45, 7) is 0.110. The molecule has 0 radical (unpaired) electrons. The van der Waals surface area contributed by atoms with Crippen LogP contribution in [0.4, 0.5) is 5.69 Å². The van der Waals surface area contributed by atoms with E-state index in [1.54, 1.807) is 6.07 Å². The van der Waals surface area contributed by atoms with E-state index in [9.17, 15) is 19.7 Å². The van der Waals surface area contributed by atoms with E-state index in [0.717, 1.165) is 17.4 Å². The van der Waals surface area contributed by atoms with Crippen molar-refractivity contribution in [2.24, 2.45) is 0 Å². The van der Waals surface area contributed by atoms with Crippen LogP contribution in [0.15, 0.2) is 35.3 Å². The highest BCUT2D eigenvalue weighted by Gasteiger charge is 2.14. The molecule has 2 heterocycles. The number of rotatable bonds is 4. The van der Waals surface area contributed by atoms with Gasteiger partial charge in [-0.05, 0) is 18.2 Å². The number of carbonyl (C=O) groups is 1. The Morgan fingerprint density at radius 3 is 2.74 bits per heavy atom. The molecule has 8 heteroatoms. The SMILES string of the molecule is O=C(O)c1ccc(Cn2cccc([N+](=O)[O-])c2=O)s1. The Morgan fingerprint density at radius 1 is 1.42 bits per heavy atom. The molecule has 0 fully saturated rings. The number of thiophene rings is 1. The summed E-state index contributed by atoms with van der Waals surface area (Å²) in [4.78, 5) is 33.2. The van der Waals surface area contributed by atoms with Crippen LogP contribution >= 0.6 is 11.3 Å². The van der Waals surface area contributed by atoms with Crippen molar-refractivity contribution in [2.45, 2.75) is 6.54 Å². The minimum atomic E-state index is -1.04. The molecule has 0 aliphatic rings. The molecule has 0 unspecified atom stereocenters. The second-order valence-corrected chi connectivity index (χ2v) is 4.82. The fourth-order valence-electron chi connectivity index (χ4n) is 1.53. The minimum absolute atomic E-state index is 0.110. The van der Waals surface area contributed by atoms with E-state index in [0.29, 0.717) is 4.88 Å². The number of pyridine rings is 1. The smallest absolute Gasteiger partial charge is 0.345 e. The second-order valence-electron chi connectivity index (χ2n) is 3.65. The molecule has 0 aliphatic heterocycles. The maximum Gasteiger partial charge on any atom is 0.345 e. The van der Waals surface area contributed by atoms with E-state index < -0.39 is 22.1 Å². The first kappa shape index (κ1) is 13.0. The van der Waals surface area contributed by atoms with Crippen LogP contribution in [0.3, 0.4) is 0 Å². The lowest BCUT2D eigenvalue weighted by atomic mass is 10.4. The number of aromatic carboxylic acids is 1. The first-order valence-corrected chi connectivity index (χ1v) is 5.96. The Labute approximate surface area is 110 Å². The molecule has 0 saturated carbocycles. The van der Waals surface area contributed by atoms with Gasteiger partial charge in [0.2, 0.25) is 0 Å². The van der Waals surface area contributed by atoms with E-state index in [4.69, 9.17) is 5.11 Å². The largest absolute Gasteiger partial charge is 0.477 e. The number of nitrogens with zero attached hydrogens (tertiary/aromatic N) is 2. The lowest BCUT2D eigenvalue weighted by Gasteiger charge is -2.02. The van der Waals surface area contributed by atoms with E-state index >= 15 is 0 Å². The van der Waals surface area contributed by atoms with Gasteiger partial charge >= 0.3 is 17.2 Å². The summed E-state index contributed by atoms with van der Waals surface area (Å²) in [5.41, 5.74) is -1.21. The molecule has 2 rings (SSSR count). The van der Waals surface area contributed by atoms with Crippen molar-refractivity contribution in [3.63, 3.8) is 0 Å². The molecular weight excluding hydrogens is 272 g/mol. The Balaban J connectivity index is 2.33. The first-order valence-electron chi connectivity index (χ1n) is 5.15. The van der Waals surface area contributed by atoms with Gasteiger partial charge in [-0.25, -0.2) is 4.79 Å². The standard InChI is InChI=1S/C11H8N2O5S/c14-10-8(13(17)18)2-1-5-12(10)6-7-3-4-9(19-7)11(15)16/h1-5H,6H2,(H,15,16). The number of carboxylic acids is 1. The summed E-state index contributed by atoms with van der Waals surface area (Å²) < 4.78 is 1.18. The van der Waals surface area contributed by atoms with Crippen molar-refractivity contribution in [1.29, 1.82) is 0 Å². The highest BCUT2D eigenvalue weighted by molar-refractivity contribution is 7.13. The zero-order valence-electron chi connectivity index (χ0n) is 9.48. The number of nitro groups is 1. The van der Waals surface area contributed by atoms with Crippen LogP contribution in [-0.4, -0.2) is 20.6 Å². The Hall–Kier alpha value is -2.48. The highest BCUT2D eigenvalue weighted by atomic mass is 32.1. The lowest BCUT2D eigenvalue weighted by Crippen LogP contribution is -2.21. The second kappa shape index (κ2) is 5.02. The third-order valence-corrected chi connectivity index (χ3v) is 3.45. The van der Waals surface area contributed by atoms with Crippen molar-refractivity contribution in [1.82, 2.24) is 4.57 Å². The third kappa shape index (κ3) is 2.68. The minimum Gasteiger partial charge on any atom is -0.477 e. The van der Waals surface area contributed by atoms with Gasteiger partial charge in [-0.15, -0.1) is 11.3 Å². The number of carboxylic acid groups (broad SMARTS) is 1. The highest BCUT2D eigenvalue weighted by Crippen LogP contribution is 2.17. The molecule has 0 amide bonds. The van der Waals surface area contributed by atoms with Gasteiger partial charge in [0.1, 0.15) is 4.88 Å². The van der Waals surface area contributed by atoms with E-state index in [1.165, 1.54) is 22.9 Å². The van der Waals surface area contributed by atoms with Crippen molar-refractivity contribution >= 4 is 23.0 Å².